The van der Waals surface area contributed by atoms with Crippen molar-refractivity contribution in [3.63, 3.8) is 0 Å². The lowest BCUT2D eigenvalue weighted by molar-refractivity contribution is -0.150. The number of rotatable bonds is 10. The fourth-order valence-electron chi connectivity index (χ4n) is 4.54. The molecule has 3 heterocycles. The van der Waals surface area contributed by atoms with Crippen molar-refractivity contribution >= 4 is 29.6 Å². The molecule has 0 radical (unpaired) electrons. The number of nitrogens with two attached hydrogens (primary N) is 2. The number of nitrogens with one attached hydrogen (secondary N) is 2. The van der Waals surface area contributed by atoms with Crippen LogP contribution in [0.25, 0.3) is 0 Å². The predicted molar refractivity (Wildman–Crippen MR) is 118 cm³/mol. The molecule has 0 saturated carbocycles. The molecular formula is C21H31N7O6. The highest BCUT2D eigenvalue weighted by atomic mass is 16.4. The van der Waals surface area contributed by atoms with Gasteiger partial charge in [-0.25, -0.2) is 9.78 Å². The van der Waals surface area contributed by atoms with E-state index in [0.717, 1.165) is 0 Å². The van der Waals surface area contributed by atoms with Gasteiger partial charge in [0, 0.05) is 37.8 Å². The van der Waals surface area contributed by atoms with E-state index in [1.54, 1.807) is 6.20 Å². The molecule has 2 aliphatic rings. The molecule has 7 N–H and O–H groups in total. The number of imidazole rings is 1. The number of amides is 4. The molecule has 4 atom stereocenters. The van der Waals surface area contributed by atoms with Crippen LogP contribution in [0, 0.1) is 0 Å². The molecule has 13 heteroatoms. The first-order valence-electron chi connectivity index (χ1n) is 11.3. The molecule has 0 bridgehead atoms. The van der Waals surface area contributed by atoms with Crippen LogP contribution in [0.15, 0.2) is 12.5 Å². The van der Waals surface area contributed by atoms with Crippen molar-refractivity contribution in [2.24, 2.45) is 11.5 Å². The molecule has 1 aromatic heterocycles. The van der Waals surface area contributed by atoms with E-state index >= 15 is 0 Å². The number of H-pyrrole nitrogens is 1. The van der Waals surface area contributed by atoms with Gasteiger partial charge in [0.2, 0.25) is 23.6 Å². The van der Waals surface area contributed by atoms with E-state index in [9.17, 15) is 29.1 Å². The number of aromatic nitrogens is 2. The predicted octanol–water partition coefficient (Wildman–Crippen LogP) is -1.90. The maximum absolute atomic E-state index is 13.1. The molecular weight excluding hydrogens is 446 g/mol. The lowest BCUT2D eigenvalue weighted by Crippen LogP contribution is -2.57. The third-order valence-corrected chi connectivity index (χ3v) is 6.27. The van der Waals surface area contributed by atoms with E-state index in [4.69, 9.17) is 11.5 Å². The minimum Gasteiger partial charge on any atom is -0.480 e. The third-order valence-electron chi connectivity index (χ3n) is 6.27. The molecule has 4 amide bonds. The van der Waals surface area contributed by atoms with Gasteiger partial charge in [0.25, 0.3) is 0 Å². The Morgan fingerprint density at radius 3 is 2.35 bits per heavy atom. The van der Waals surface area contributed by atoms with E-state index in [-0.39, 0.29) is 25.8 Å². The molecule has 13 nitrogen and oxygen atoms in total. The molecule has 4 unspecified atom stereocenters. The number of nitrogens with zero attached hydrogens (tertiary/aromatic N) is 3. The standard InChI is InChI=1S/C21H31N7O6/c22-13(9-12-10-24-11-25-12)19(31)27-7-1-3-15(27)18(30)26-14(5-6-17(23)29)20(32)28-8-2-4-16(28)21(33)34/h10-11,13-16H,1-9,22H2,(H2,23,29)(H,24,25)(H,26,30)(H,33,34). The minimum atomic E-state index is -1.13. The highest BCUT2D eigenvalue weighted by molar-refractivity contribution is 5.95. The Morgan fingerprint density at radius 2 is 1.76 bits per heavy atom. The van der Waals surface area contributed by atoms with Gasteiger partial charge < -0.3 is 36.7 Å². The lowest BCUT2D eigenvalue weighted by atomic mass is 10.1. The molecule has 0 aliphatic carbocycles. The summed E-state index contributed by atoms with van der Waals surface area (Å²) in [6, 6.07) is -3.80. The van der Waals surface area contributed by atoms with Crippen LogP contribution in [0.1, 0.15) is 44.2 Å². The smallest absolute Gasteiger partial charge is 0.326 e. The molecule has 1 aromatic rings. The molecule has 0 aromatic carbocycles. The lowest BCUT2D eigenvalue weighted by Gasteiger charge is -2.30. The topological polar surface area (TPSA) is 205 Å². The number of likely N-dealkylation sites (tertiary alicyclic amines) is 2. The number of carbonyl (C=O) groups is 5. The van der Waals surface area contributed by atoms with Crippen LogP contribution < -0.4 is 16.8 Å². The average Bonchev–Trinajstić information content (AvgIpc) is 3.56. The van der Waals surface area contributed by atoms with E-state index < -0.39 is 53.8 Å². The Morgan fingerprint density at radius 1 is 1.12 bits per heavy atom. The second-order valence-corrected chi connectivity index (χ2v) is 8.67. The second kappa shape index (κ2) is 11.1. The number of aliphatic carboxylic acids is 1. The van der Waals surface area contributed by atoms with Gasteiger partial charge in [0.15, 0.2) is 0 Å². The van der Waals surface area contributed by atoms with Crippen molar-refractivity contribution in [2.45, 2.75) is 69.1 Å². The van der Waals surface area contributed by atoms with E-state index in [2.05, 4.69) is 15.3 Å². The Hall–Kier alpha value is -3.48. The molecule has 186 valence electrons. The second-order valence-electron chi connectivity index (χ2n) is 8.67. The number of hydrogen-bond donors (Lipinski definition) is 5. The number of carboxylic acid groups (broad SMARTS) is 1. The molecule has 2 saturated heterocycles. The van der Waals surface area contributed by atoms with Crippen molar-refractivity contribution in [2.75, 3.05) is 13.1 Å². The maximum Gasteiger partial charge on any atom is 0.326 e. The first-order valence-corrected chi connectivity index (χ1v) is 11.3. The van der Waals surface area contributed by atoms with Crippen molar-refractivity contribution in [3.8, 4) is 0 Å². The van der Waals surface area contributed by atoms with Gasteiger partial charge in [0.1, 0.15) is 18.1 Å². The Balaban J connectivity index is 1.69. The molecule has 34 heavy (non-hydrogen) atoms. The molecule has 2 fully saturated rings. The minimum absolute atomic E-state index is 0.0667. The van der Waals surface area contributed by atoms with Gasteiger partial charge in [-0.2, -0.15) is 0 Å². The zero-order chi connectivity index (χ0) is 24.8. The Bertz CT molecular complexity index is 921. The zero-order valence-corrected chi connectivity index (χ0v) is 18.8. The van der Waals surface area contributed by atoms with E-state index in [0.29, 0.717) is 37.9 Å². The van der Waals surface area contributed by atoms with E-state index in [1.807, 2.05) is 0 Å². The van der Waals surface area contributed by atoms with Gasteiger partial charge in [-0.15, -0.1) is 0 Å². The van der Waals surface area contributed by atoms with Gasteiger partial charge in [-0.3, -0.25) is 19.2 Å². The molecule has 0 spiro atoms. The highest BCUT2D eigenvalue weighted by Crippen LogP contribution is 2.22. The monoisotopic (exact) mass is 477 g/mol. The normalized spacial score (nSPS) is 21.8. The Kier molecular flexibility index (Phi) is 8.21. The largest absolute Gasteiger partial charge is 0.480 e. The number of hydrogen-bond acceptors (Lipinski definition) is 7. The quantitative estimate of drug-likeness (QED) is 0.257. The molecule has 2 aliphatic heterocycles. The first kappa shape index (κ1) is 25.1. The fourth-order valence-corrected chi connectivity index (χ4v) is 4.54. The van der Waals surface area contributed by atoms with Gasteiger partial charge in [-0.05, 0) is 32.1 Å². The maximum atomic E-state index is 13.1. The fraction of sp³-hybridized carbons (Fsp3) is 0.619. The summed E-state index contributed by atoms with van der Waals surface area (Å²) in [5.41, 5.74) is 12.0. The number of carbonyl (C=O) groups excluding carboxylic acids is 4. The molecule has 3 rings (SSSR count). The summed E-state index contributed by atoms with van der Waals surface area (Å²) < 4.78 is 0. The summed E-state index contributed by atoms with van der Waals surface area (Å²) in [5.74, 6) is -3.28. The van der Waals surface area contributed by atoms with Crippen LogP contribution in [0.3, 0.4) is 0 Å². The van der Waals surface area contributed by atoms with Crippen LogP contribution in [-0.4, -0.2) is 91.7 Å². The number of aromatic amines is 1. The van der Waals surface area contributed by atoms with Crippen LogP contribution in [0.4, 0.5) is 0 Å². The van der Waals surface area contributed by atoms with Gasteiger partial charge >= 0.3 is 5.97 Å². The summed E-state index contributed by atoms with van der Waals surface area (Å²) in [5, 5.41) is 12.0. The first-order chi connectivity index (χ1) is 16.2. The van der Waals surface area contributed by atoms with Gasteiger partial charge in [0.05, 0.1) is 12.4 Å². The van der Waals surface area contributed by atoms with Crippen molar-refractivity contribution in [3.05, 3.63) is 18.2 Å². The third kappa shape index (κ3) is 5.90. The van der Waals surface area contributed by atoms with Crippen molar-refractivity contribution < 1.29 is 29.1 Å². The summed E-state index contributed by atoms with van der Waals surface area (Å²) in [6.45, 7) is 0.593. The van der Waals surface area contributed by atoms with Crippen LogP contribution >= 0.6 is 0 Å². The van der Waals surface area contributed by atoms with Gasteiger partial charge in [-0.1, -0.05) is 0 Å². The summed E-state index contributed by atoms with van der Waals surface area (Å²) >= 11 is 0. The summed E-state index contributed by atoms with van der Waals surface area (Å²) in [4.78, 5) is 71.4. The zero-order valence-electron chi connectivity index (χ0n) is 18.8. The van der Waals surface area contributed by atoms with Crippen LogP contribution in [0.5, 0.6) is 0 Å². The number of primary amides is 1. The Labute approximate surface area is 196 Å². The number of carboxylic acids is 1. The van der Waals surface area contributed by atoms with Crippen molar-refractivity contribution in [1.29, 1.82) is 0 Å². The van der Waals surface area contributed by atoms with Crippen LogP contribution in [-0.2, 0) is 30.4 Å². The SMILES string of the molecule is NC(=O)CCC(NC(=O)C1CCCN1C(=O)C(N)Cc1cnc[nH]1)C(=O)N1CCCC1C(=O)O. The van der Waals surface area contributed by atoms with E-state index in [1.165, 1.54) is 16.1 Å². The average molecular weight is 478 g/mol. The highest BCUT2D eigenvalue weighted by Gasteiger charge is 2.40. The summed E-state index contributed by atoms with van der Waals surface area (Å²) in [6.07, 6.45) is 4.88. The summed E-state index contributed by atoms with van der Waals surface area (Å²) in [7, 11) is 0. The van der Waals surface area contributed by atoms with Crippen molar-refractivity contribution in [1.82, 2.24) is 25.1 Å². The van der Waals surface area contributed by atoms with Crippen LogP contribution in [0.2, 0.25) is 0 Å².